The zero-order chi connectivity index (χ0) is 16.6. The molecule has 1 atom stereocenters. The van der Waals surface area contributed by atoms with Crippen LogP contribution in [-0.4, -0.2) is 31.4 Å². The average molecular weight is 323 g/mol. The molecule has 0 amide bonds. The summed E-state index contributed by atoms with van der Waals surface area (Å²) in [5.41, 5.74) is 3.48. The summed E-state index contributed by atoms with van der Waals surface area (Å²) in [5, 5.41) is 10.0. The number of carbonyl (C=O) groups excluding carboxylic acids is 1. The lowest BCUT2D eigenvalue weighted by Crippen LogP contribution is -2.25. The Labute approximate surface area is 136 Å². The zero-order valence-electron chi connectivity index (χ0n) is 14.3. The van der Waals surface area contributed by atoms with Crippen molar-refractivity contribution in [3.8, 4) is 11.5 Å². The molecule has 0 radical (unpaired) electrons. The van der Waals surface area contributed by atoms with Crippen molar-refractivity contribution >= 4 is 14.0 Å². The van der Waals surface area contributed by atoms with Gasteiger partial charge in [0.1, 0.15) is 14.2 Å². The van der Waals surface area contributed by atoms with Crippen LogP contribution >= 0.6 is 0 Å². The summed E-state index contributed by atoms with van der Waals surface area (Å²) >= 11 is 0. The molecule has 0 spiro atoms. The van der Waals surface area contributed by atoms with E-state index in [2.05, 4.69) is 37.7 Å². The molecule has 124 valence electrons. The highest BCUT2D eigenvalue weighted by Crippen LogP contribution is 2.22. The molecule has 1 N–H and O–H groups in total. The lowest BCUT2D eigenvalue weighted by molar-refractivity contribution is -0.146. The largest absolute Gasteiger partial charge is 0.459 e. The van der Waals surface area contributed by atoms with Gasteiger partial charge in [0, 0.05) is 6.42 Å². The van der Waals surface area contributed by atoms with Crippen molar-refractivity contribution in [2.45, 2.75) is 83.2 Å². The first-order chi connectivity index (χ1) is 10.3. The highest BCUT2D eigenvalue weighted by Gasteiger charge is 2.22. The number of hydrogen-bond acceptors (Lipinski definition) is 3. The fourth-order valence-corrected chi connectivity index (χ4v) is 3.09. The first-order valence-electron chi connectivity index (χ1n) is 8.37. The van der Waals surface area contributed by atoms with Crippen molar-refractivity contribution < 1.29 is 14.6 Å². The predicted molar refractivity (Wildman–Crippen MR) is 93.1 cm³/mol. The van der Waals surface area contributed by atoms with Crippen LogP contribution in [0.4, 0.5) is 0 Å². The Kier molecular flexibility index (Phi) is 7.92. The fraction of sp³-hybridized carbons (Fsp3) is 0.722. The van der Waals surface area contributed by atoms with Crippen LogP contribution in [0.1, 0.15) is 51.4 Å². The van der Waals surface area contributed by atoms with Crippen molar-refractivity contribution in [1.82, 2.24) is 0 Å². The predicted octanol–water partition coefficient (Wildman–Crippen LogP) is 3.83. The van der Waals surface area contributed by atoms with Gasteiger partial charge in [-0.3, -0.25) is 0 Å². The molecular weight excluding hydrogens is 292 g/mol. The molecule has 1 aliphatic rings. The normalized spacial score (nSPS) is 17.3. The Balaban J connectivity index is 2.28. The van der Waals surface area contributed by atoms with Crippen molar-refractivity contribution in [3.05, 3.63) is 12.2 Å². The molecular formula is C18H30O3Si. The van der Waals surface area contributed by atoms with Crippen LogP contribution < -0.4 is 0 Å². The smallest absolute Gasteiger partial charge is 0.336 e. The summed E-state index contributed by atoms with van der Waals surface area (Å²) in [6.07, 6.45) is 6.54. The maximum atomic E-state index is 12.0. The maximum Gasteiger partial charge on any atom is 0.336 e. The Morgan fingerprint density at radius 3 is 2.55 bits per heavy atom. The SMILES string of the molecule is C=C(C(=O)OC1CCCCC1)C(O)CCCC#C[Si](C)(C)C. The summed E-state index contributed by atoms with van der Waals surface area (Å²) in [6.45, 7) is 10.3. The first-order valence-corrected chi connectivity index (χ1v) is 11.9. The molecule has 1 unspecified atom stereocenters. The van der Waals surface area contributed by atoms with Crippen molar-refractivity contribution in [2.24, 2.45) is 0 Å². The molecule has 1 rings (SSSR count). The van der Waals surface area contributed by atoms with E-state index in [1.54, 1.807) is 0 Å². The molecule has 0 aromatic heterocycles. The molecule has 0 aromatic carbocycles. The van der Waals surface area contributed by atoms with E-state index in [4.69, 9.17) is 4.74 Å². The van der Waals surface area contributed by atoms with E-state index in [0.717, 1.165) is 38.5 Å². The van der Waals surface area contributed by atoms with Gasteiger partial charge in [0.15, 0.2) is 0 Å². The number of esters is 1. The number of hydrogen-bond donors (Lipinski definition) is 1. The molecule has 0 aromatic rings. The van der Waals surface area contributed by atoms with E-state index in [1.807, 2.05) is 0 Å². The Morgan fingerprint density at radius 2 is 1.95 bits per heavy atom. The third-order valence-electron chi connectivity index (χ3n) is 3.73. The summed E-state index contributed by atoms with van der Waals surface area (Å²) < 4.78 is 5.43. The molecule has 1 aliphatic carbocycles. The molecule has 1 saturated carbocycles. The number of carbonyl (C=O) groups is 1. The highest BCUT2D eigenvalue weighted by molar-refractivity contribution is 6.83. The molecule has 4 heteroatoms. The van der Waals surface area contributed by atoms with Gasteiger partial charge in [0.25, 0.3) is 0 Å². The van der Waals surface area contributed by atoms with Crippen LogP contribution in [0.25, 0.3) is 0 Å². The zero-order valence-corrected chi connectivity index (χ0v) is 15.3. The number of unbranched alkanes of at least 4 members (excludes halogenated alkanes) is 1. The van der Waals surface area contributed by atoms with E-state index in [9.17, 15) is 9.90 Å². The lowest BCUT2D eigenvalue weighted by Gasteiger charge is -2.23. The van der Waals surface area contributed by atoms with E-state index < -0.39 is 20.1 Å². The van der Waals surface area contributed by atoms with Gasteiger partial charge in [-0.15, -0.1) is 11.5 Å². The average Bonchev–Trinajstić information content (AvgIpc) is 2.45. The van der Waals surface area contributed by atoms with Crippen molar-refractivity contribution in [2.75, 3.05) is 0 Å². The minimum atomic E-state index is -1.31. The second-order valence-corrected chi connectivity index (χ2v) is 11.9. The summed E-state index contributed by atoms with van der Waals surface area (Å²) in [4.78, 5) is 12.0. The van der Waals surface area contributed by atoms with Gasteiger partial charge in [0.05, 0.1) is 11.7 Å². The highest BCUT2D eigenvalue weighted by atomic mass is 28.3. The van der Waals surface area contributed by atoms with Crippen LogP contribution in [0.15, 0.2) is 12.2 Å². The number of aliphatic hydroxyl groups is 1. The quantitative estimate of drug-likeness (QED) is 0.266. The van der Waals surface area contributed by atoms with Crippen LogP contribution in [0.3, 0.4) is 0 Å². The number of ether oxygens (including phenoxy) is 1. The molecule has 0 aliphatic heterocycles. The number of aliphatic hydroxyl groups excluding tert-OH is 1. The summed E-state index contributed by atoms with van der Waals surface area (Å²) in [6, 6.07) is 0. The van der Waals surface area contributed by atoms with Crippen LogP contribution in [0.5, 0.6) is 0 Å². The van der Waals surface area contributed by atoms with Gasteiger partial charge in [0.2, 0.25) is 0 Å². The first kappa shape index (κ1) is 19.0. The van der Waals surface area contributed by atoms with Gasteiger partial charge in [-0.05, 0) is 38.5 Å². The van der Waals surface area contributed by atoms with E-state index in [1.165, 1.54) is 6.42 Å². The molecule has 0 bridgehead atoms. The maximum absolute atomic E-state index is 12.0. The van der Waals surface area contributed by atoms with Gasteiger partial charge in [-0.2, -0.15) is 0 Å². The molecule has 3 nitrogen and oxygen atoms in total. The standard InChI is InChI=1S/C18H30O3Si/c1-15(18(20)21-16-11-7-5-8-12-16)17(19)13-9-6-10-14-22(2,3)4/h16-17,19H,1,5-9,11-13H2,2-4H3. The topological polar surface area (TPSA) is 46.5 Å². The van der Waals surface area contributed by atoms with E-state index >= 15 is 0 Å². The van der Waals surface area contributed by atoms with Crippen LogP contribution in [-0.2, 0) is 9.53 Å². The van der Waals surface area contributed by atoms with Gasteiger partial charge in [-0.25, -0.2) is 4.79 Å². The third-order valence-corrected chi connectivity index (χ3v) is 4.66. The van der Waals surface area contributed by atoms with Gasteiger partial charge in [-0.1, -0.05) is 32.6 Å². The monoisotopic (exact) mass is 322 g/mol. The minimum Gasteiger partial charge on any atom is -0.459 e. The molecule has 0 saturated heterocycles. The van der Waals surface area contributed by atoms with Crippen molar-refractivity contribution in [1.29, 1.82) is 0 Å². The van der Waals surface area contributed by atoms with Crippen LogP contribution in [0, 0.1) is 11.5 Å². The Morgan fingerprint density at radius 1 is 1.32 bits per heavy atom. The molecule has 1 fully saturated rings. The third kappa shape index (κ3) is 7.81. The Bertz CT molecular complexity index is 433. The second-order valence-electron chi connectivity index (χ2n) is 7.15. The fourth-order valence-electron chi connectivity index (χ4n) is 2.43. The Hall–Kier alpha value is -1.05. The van der Waals surface area contributed by atoms with Crippen molar-refractivity contribution in [3.63, 3.8) is 0 Å². The molecule has 22 heavy (non-hydrogen) atoms. The summed E-state index contributed by atoms with van der Waals surface area (Å²) in [7, 11) is -1.31. The van der Waals surface area contributed by atoms with Gasteiger partial charge < -0.3 is 9.84 Å². The second kappa shape index (κ2) is 9.17. The molecule has 0 heterocycles. The van der Waals surface area contributed by atoms with Gasteiger partial charge >= 0.3 is 5.97 Å². The van der Waals surface area contributed by atoms with E-state index in [-0.39, 0.29) is 11.7 Å². The lowest BCUT2D eigenvalue weighted by atomic mass is 9.97. The van der Waals surface area contributed by atoms with Crippen LogP contribution in [0.2, 0.25) is 19.6 Å². The number of rotatable bonds is 6. The minimum absolute atomic E-state index is 0.00723. The summed E-state index contributed by atoms with van der Waals surface area (Å²) in [5.74, 6) is 2.73. The van der Waals surface area contributed by atoms with E-state index in [0.29, 0.717) is 6.42 Å².